The summed E-state index contributed by atoms with van der Waals surface area (Å²) in [6.07, 6.45) is 0. The first-order valence-corrected chi connectivity index (χ1v) is 14.5. The largest absolute Gasteiger partial charge is 0.478 e. The maximum Gasteiger partial charge on any atom is 0.335 e. The zero-order valence-corrected chi connectivity index (χ0v) is 26.8. The van der Waals surface area contributed by atoms with Crippen LogP contribution in [0.2, 0.25) is 0 Å². The molecule has 0 aliphatic carbocycles. The Morgan fingerprint density at radius 1 is 0.333 bits per heavy atom. The van der Waals surface area contributed by atoms with Crippen molar-refractivity contribution in [3.05, 3.63) is 138 Å². The number of hydrogen-bond acceptors (Lipinski definition) is 6. The van der Waals surface area contributed by atoms with Crippen molar-refractivity contribution in [2.24, 2.45) is 0 Å². The van der Waals surface area contributed by atoms with Crippen LogP contribution >= 0.6 is 0 Å². The Balaban J connectivity index is 2.02. The fraction of sp³-hybridized carbons (Fsp3) is 0.0769. The first-order chi connectivity index (χ1) is 24.0. The van der Waals surface area contributed by atoms with Crippen LogP contribution in [0.15, 0.2) is 54.6 Å². The van der Waals surface area contributed by atoms with E-state index in [1.54, 1.807) is 20.8 Å². The molecule has 0 fully saturated rings. The van der Waals surface area contributed by atoms with Crippen molar-refractivity contribution >= 4 is 35.8 Å². The highest BCUT2D eigenvalue weighted by Gasteiger charge is 2.17. The smallest absolute Gasteiger partial charge is 0.335 e. The van der Waals surface area contributed by atoms with Gasteiger partial charge in [0.05, 0.1) is 33.4 Å². The zero-order chi connectivity index (χ0) is 37.7. The minimum absolute atomic E-state index is 0.0744. The normalized spacial score (nSPS) is 9.94. The molecule has 0 aromatic heterocycles. The molecule has 0 spiro atoms. The van der Waals surface area contributed by atoms with Gasteiger partial charge in [0.1, 0.15) is 0 Å². The van der Waals surface area contributed by atoms with Gasteiger partial charge in [0.25, 0.3) is 0 Å². The van der Waals surface area contributed by atoms with Crippen LogP contribution in [-0.2, 0) is 0 Å². The Labute approximate surface area is 289 Å². The predicted molar refractivity (Wildman–Crippen MR) is 180 cm³/mol. The van der Waals surface area contributed by atoms with Gasteiger partial charge in [0, 0.05) is 33.4 Å². The van der Waals surface area contributed by atoms with Gasteiger partial charge >= 0.3 is 35.8 Å². The van der Waals surface area contributed by atoms with E-state index in [9.17, 15) is 59.4 Å². The lowest BCUT2D eigenvalue weighted by Gasteiger charge is -2.14. The average Bonchev–Trinajstić information content (AvgIpc) is 3.07. The van der Waals surface area contributed by atoms with Crippen LogP contribution in [0.3, 0.4) is 0 Å². The highest BCUT2D eigenvalue weighted by molar-refractivity contribution is 5.96. The fourth-order valence-electron chi connectivity index (χ4n) is 5.03. The van der Waals surface area contributed by atoms with Crippen molar-refractivity contribution in [3.63, 3.8) is 0 Å². The lowest BCUT2D eigenvalue weighted by atomic mass is 9.88. The maximum absolute atomic E-state index is 11.6. The molecule has 0 bridgehead atoms. The summed E-state index contributed by atoms with van der Waals surface area (Å²) in [5.41, 5.74) is 0.950. The monoisotopic (exact) mass is 684 g/mol. The number of benzene rings is 4. The predicted octanol–water partition coefficient (Wildman–Crippen LogP) is 5.00. The molecular formula is C39H24O12. The third kappa shape index (κ3) is 8.28. The van der Waals surface area contributed by atoms with Crippen molar-refractivity contribution < 1.29 is 59.4 Å². The van der Waals surface area contributed by atoms with Crippen LogP contribution in [0.25, 0.3) is 0 Å². The molecule has 0 saturated carbocycles. The molecule has 0 aliphatic heterocycles. The van der Waals surface area contributed by atoms with Gasteiger partial charge in [-0.25, -0.2) is 28.8 Å². The van der Waals surface area contributed by atoms with Crippen LogP contribution in [0, 0.1) is 56.3 Å². The third-order valence-corrected chi connectivity index (χ3v) is 7.53. The van der Waals surface area contributed by atoms with Gasteiger partial charge in [-0.1, -0.05) is 35.5 Å². The molecule has 4 rings (SSSR count). The summed E-state index contributed by atoms with van der Waals surface area (Å²) >= 11 is 0. The second kappa shape index (κ2) is 14.7. The zero-order valence-electron chi connectivity index (χ0n) is 26.8. The van der Waals surface area contributed by atoms with Crippen molar-refractivity contribution in [3.8, 4) is 35.5 Å². The molecule has 0 heterocycles. The van der Waals surface area contributed by atoms with Gasteiger partial charge in [0.2, 0.25) is 0 Å². The van der Waals surface area contributed by atoms with E-state index in [0.29, 0.717) is 33.4 Å². The Morgan fingerprint density at radius 2 is 0.510 bits per heavy atom. The van der Waals surface area contributed by atoms with Gasteiger partial charge < -0.3 is 30.6 Å². The van der Waals surface area contributed by atoms with Crippen molar-refractivity contribution in [1.82, 2.24) is 0 Å². The Bertz CT molecular complexity index is 2050. The lowest BCUT2D eigenvalue weighted by molar-refractivity contribution is 0.0676. The van der Waals surface area contributed by atoms with E-state index in [2.05, 4.69) is 35.5 Å². The molecule has 252 valence electrons. The molecule has 12 nitrogen and oxygen atoms in total. The van der Waals surface area contributed by atoms with E-state index in [1.807, 2.05) is 0 Å². The van der Waals surface area contributed by atoms with Gasteiger partial charge in [-0.05, 0) is 92.1 Å². The third-order valence-electron chi connectivity index (χ3n) is 7.53. The van der Waals surface area contributed by atoms with Crippen LogP contribution in [0.1, 0.15) is 112 Å². The fourth-order valence-corrected chi connectivity index (χ4v) is 5.03. The maximum atomic E-state index is 11.6. The number of carboxylic acids is 6. The van der Waals surface area contributed by atoms with E-state index < -0.39 is 35.8 Å². The first kappa shape index (κ1) is 36.2. The van der Waals surface area contributed by atoms with Crippen LogP contribution in [-0.4, -0.2) is 66.5 Å². The quantitative estimate of drug-likeness (QED) is 0.148. The lowest BCUT2D eigenvalue weighted by Crippen LogP contribution is -2.04. The number of hydrogen-bond donors (Lipinski definition) is 6. The Morgan fingerprint density at radius 3 is 0.667 bits per heavy atom. The Hall–Kier alpha value is -7.62. The minimum atomic E-state index is -1.37. The molecule has 0 radical (unpaired) electrons. The van der Waals surface area contributed by atoms with Crippen molar-refractivity contribution in [1.29, 1.82) is 0 Å². The van der Waals surface area contributed by atoms with E-state index in [-0.39, 0.29) is 50.1 Å². The van der Waals surface area contributed by atoms with E-state index in [0.717, 1.165) is 18.2 Å². The van der Waals surface area contributed by atoms with Crippen molar-refractivity contribution in [2.45, 2.75) is 20.8 Å². The van der Waals surface area contributed by atoms with E-state index in [1.165, 1.54) is 36.4 Å². The highest BCUT2D eigenvalue weighted by Crippen LogP contribution is 2.27. The number of aromatic carboxylic acids is 6. The topological polar surface area (TPSA) is 224 Å². The minimum Gasteiger partial charge on any atom is -0.478 e. The average molecular weight is 685 g/mol. The molecule has 0 aliphatic rings. The SMILES string of the molecule is Cc1c(C#Cc2cc(C(=O)O)cc(C(=O)O)c2)c(C)c(C#Cc2cc(C(=O)O)cc(C(=O)O)c2)c(C)c1C#Cc1cc(C(=O)O)cc(C(=O)O)c1. The number of carbonyl (C=O) groups is 6. The van der Waals surface area contributed by atoms with Gasteiger partial charge in [0.15, 0.2) is 0 Å². The van der Waals surface area contributed by atoms with Crippen LogP contribution < -0.4 is 0 Å². The Kier molecular flexibility index (Phi) is 10.4. The van der Waals surface area contributed by atoms with Crippen molar-refractivity contribution in [2.75, 3.05) is 0 Å². The van der Waals surface area contributed by atoms with Crippen LogP contribution in [0.4, 0.5) is 0 Å². The second-order valence-electron chi connectivity index (χ2n) is 11.0. The van der Waals surface area contributed by atoms with Gasteiger partial charge in [-0.15, -0.1) is 0 Å². The van der Waals surface area contributed by atoms with Gasteiger partial charge in [-0.2, -0.15) is 0 Å². The highest BCUT2D eigenvalue weighted by atomic mass is 16.4. The molecule has 0 unspecified atom stereocenters. The van der Waals surface area contributed by atoms with E-state index >= 15 is 0 Å². The van der Waals surface area contributed by atoms with Gasteiger partial charge in [-0.3, -0.25) is 0 Å². The summed E-state index contributed by atoms with van der Waals surface area (Å²) < 4.78 is 0. The molecule has 0 amide bonds. The number of carboxylic acid groups (broad SMARTS) is 6. The number of rotatable bonds is 6. The summed E-state index contributed by atoms with van der Waals surface area (Å²) in [5, 5.41) is 56.9. The summed E-state index contributed by atoms with van der Waals surface area (Å²) in [4.78, 5) is 69.9. The molecule has 4 aromatic carbocycles. The summed E-state index contributed by atoms with van der Waals surface area (Å²) in [6, 6.07) is 10.2. The molecule has 12 heteroatoms. The molecule has 6 N–H and O–H groups in total. The molecule has 51 heavy (non-hydrogen) atoms. The van der Waals surface area contributed by atoms with Crippen LogP contribution in [0.5, 0.6) is 0 Å². The second-order valence-corrected chi connectivity index (χ2v) is 11.0. The molecular weight excluding hydrogens is 660 g/mol. The first-order valence-electron chi connectivity index (χ1n) is 14.5. The standard InChI is InChI=1S/C39H24O12/c1-19-31(7-4-22-10-25(34(40)41)16-26(11-22)35(42)43)20(2)33(9-6-24-14-29(38(48)49)18-30(15-24)39(50)51)21(3)32(19)8-5-23-12-27(36(44)45)17-28(13-23)37(46)47/h10-18H,1-3H3,(H,40,41)(H,42,43)(H,44,45)(H,46,47)(H,48,49)(H,50,51). The summed E-state index contributed by atoms with van der Waals surface area (Å²) in [6.45, 7) is 5.02. The van der Waals surface area contributed by atoms with E-state index in [4.69, 9.17) is 0 Å². The molecule has 0 atom stereocenters. The summed E-state index contributed by atoms with van der Waals surface area (Å²) in [7, 11) is 0. The summed E-state index contributed by atoms with van der Waals surface area (Å²) in [5.74, 6) is 9.05. The molecule has 4 aromatic rings. The molecule has 0 saturated heterocycles.